The molecule has 2 amide bonds. The second-order valence-corrected chi connectivity index (χ2v) is 7.32. The van der Waals surface area contributed by atoms with Crippen LogP contribution in [0.5, 0.6) is 23.0 Å². The van der Waals surface area contributed by atoms with Crippen molar-refractivity contribution >= 4 is 17.5 Å². The molecule has 0 radical (unpaired) electrons. The fourth-order valence-corrected chi connectivity index (χ4v) is 3.88. The summed E-state index contributed by atoms with van der Waals surface area (Å²) in [5.74, 6) is 2.17. The lowest BCUT2D eigenvalue weighted by molar-refractivity contribution is -0.135. The van der Waals surface area contributed by atoms with E-state index in [2.05, 4.69) is 0 Å². The number of carbonyl (C=O) groups is 2. The Morgan fingerprint density at radius 3 is 2.41 bits per heavy atom. The van der Waals surface area contributed by atoms with Gasteiger partial charge in [0.1, 0.15) is 0 Å². The predicted molar refractivity (Wildman–Crippen MR) is 102 cm³/mol. The Hall–Kier alpha value is -3.42. The van der Waals surface area contributed by atoms with Gasteiger partial charge in [0.25, 0.3) is 0 Å². The number of benzene rings is 2. The van der Waals surface area contributed by atoms with Crippen LogP contribution in [-0.4, -0.2) is 43.9 Å². The molecular weight excluding hydrogens is 376 g/mol. The number of ether oxygens (including phenoxy) is 4. The van der Waals surface area contributed by atoms with E-state index in [0.717, 1.165) is 5.56 Å². The lowest BCUT2D eigenvalue weighted by Crippen LogP contribution is -2.34. The number of hydrogen-bond donors (Lipinski definition) is 0. The van der Waals surface area contributed by atoms with E-state index in [1.807, 2.05) is 24.3 Å². The Morgan fingerprint density at radius 2 is 1.66 bits per heavy atom. The number of amides is 2. The van der Waals surface area contributed by atoms with Crippen LogP contribution in [0.15, 0.2) is 36.4 Å². The van der Waals surface area contributed by atoms with Crippen molar-refractivity contribution < 1.29 is 28.5 Å². The molecule has 0 aliphatic carbocycles. The van der Waals surface area contributed by atoms with Gasteiger partial charge >= 0.3 is 0 Å². The Morgan fingerprint density at radius 1 is 1.00 bits per heavy atom. The van der Waals surface area contributed by atoms with Crippen molar-refractivity contribution in [3.8, 4) is 23.0 Å². The van der Waals surface area contributed by atoms with Crippen LogP contribution in [0.2, 0.25) is 0 Å². The molecule has 0 spiro atoms. The molecule has 3 aliphatic heterocycles. The van der Waals surface area contributed by atoms with Gasteiger partial charge in [-0.05, 0) is 29.8 Å². The van der Waals surface area contributed by atoms with E-state index < -0.39 is 0 Å². The monoisotopic (exact) mass is 396 g/mol. The minimum absolute atomic E-state index is 0.0562. The largest absolute Gasteiger partial charge is 0.454 e. The summed E-state index contributed by atoms with van der Waals surface area (Å²) in [6.07, 6.45) is 0.193. The number of carbonyl (C=O) groups excluding carboxylic acids is 2. The summed E-state index contributed by atoms with van der Waals surface area (Å²) in [5, 5.41) is 0. The molecule has 3 heterocycles. The first-order valence-electron chi connectivity index (χ1n) is 9.42. The molecule has 0 aromatic heterocycles. The summed E-state index contributed by atoms with van der Waals surface area (Å²) in [7, 11) is 1.75. The van der Waals surface area contributed by atoms with Gasteiger partial charge in [0.05, 0.1) is 5.92 Å². The van der Waals surface area contributed by atoms with Gasteiger partial charge in [0.15, 0.2) is 23.0 Å². The summed E-state index contributed by atoms with van der Waals surface area (Å²) >= 11 is 0. The van der Waals surface area contributed by atoms with Gasteiger partial charge in [-0.15, -0.1) is 0 Å². The third-order valence-corrected chi connectivity index (χ3v) is 5.38. The maximum Gasteiger partial charge on any atom is 0.231 e. The summed E-state index contributed by atoms with van der Waals surface area (Å²) in [5.41, 5.74) is 1.66. The normalized spacial score (nSPS) is 19.0. The molecule has 0 N–H and O–H groups in total. The van der Waals surface area contributed by atoms with Gasteiger partial charge in [-0.25, -0.2) is 0 Å². The van der Waals surface area contributed by atoms with Crippen LogP contribution in [0, 0.1) is 5.92 Å². The Kier molecular flexibility index (Phi) is 4.19. The van der Waals surface area contributed by atoms with E-state index in [1.165, 1.54) is 0 Å². The van der Waals surface area contributed by atoms with Crippen LogP contribution in [0.25, 0.3) is 0 Å². The van der Waals surface area contributed by atoms with Gasteiger partial charge in [0, 0.05) is 38.3 Å². The average Bonchev–Trinajstić information content (AvgIpc) is 3.45. The summed E-state index contributed by atoms with van der Waals surface area (Å²) in [4.78, 5) is 28.8. The molecule has 1 saturated heterocycles. The van der Waals surface area contributed by atoms with Crippen LogP contribution in [0.4, 0.5) is 5.69 Å². The molecule has 1 fully saturated rings. The van der Waals surface area contributed by atoms with Crippen LogP contribution < -0.4 is 23.8 Å². The highest BCUT2D eigenvalue weighted by Crippen LogP contribution is 2.37. The molecule has 8 nitrogen and oxygen atoms in total. The van der Waals surface area contributed by atoms with E-state index in [9.17, 15) is 9.59 Å². The number of rotatable bonds is 4. The van der Waals surface area contributed by atoms with Crippen LogP contribution in [0.3, 0.4) is 0 Å². The van der Waals surface area contributed by atoms with Gasteiger partial charge in [0.2, 0.25) is 25.4 Å². The second-order valence-electron chi connectivity index (χ2n) is 7.32. The first-order chi connectivity index (χ1) is 14.1. The highest BCUT2D eigenvalue weighted by Gasteiger charge is 2.37. The van der Waals surface area contributed by atoms with Crippen molar-refractivity contribution in [1.82, 2.24) is 4.90 Å². The molecule has 1 atom stereocenters. The lowest BCUT2D eigenvalue weighted by atomic mass is 10.1. The zero-order chi connectivity index (χ0) is 20.0. The van der Waals surface area contributed by atoms with Crippen molar-refractivity contribution in [2.75, 3.05) is 32.1 Å². The Bertz CT molecular complexity index is 991. The maximum atomic E-state index is 12.9. The van der Waals surface area contributed by atoms with E-state index in [1.54, 1.807) is 29.0 Å². The summed E-state index contributed by atoms with van der Waals surface area (Å²) in [6.45, 7) is 1.18. The standard InChI is InChI=1S/C21H20N2O6/c1-22(9-13-2-4-16-18(6-13)28-11-26-16)21(25)14-7-20(24)23(10-14)15-3-5-17-19(8-15)29-12-27-17/h2-6,8,14H,7,9-12H2,1H3. The number of hydrogen-bond acceptors (Lipinski definition) is 6. The van der Waals surface area contributed by atoms with E-state index in [0.29, 0.717) is 41.8 Å². The van der Waals surface area contributed by atoms with Gasteiger partial charge in [-0.2, -0.15) is 0 Å². The van der Waals surface area contributed by atoms with E-state index in [-0.39, 0.29) is 37.7 Å². The molecule has 2 aromatic rings. The molecule has 0 saturated carbocycles. The van der Waals surface area contributed by atoms with Crippen molar-refractivity contribution in [1.29, 1.82) is 0 Å². The third-order valence-electron chi connectivity index (χ3n) is 5.38. The molecule has 150 valence electrons. The number of fused-ring (bicyclic) bond motifs is 2. The predicted octanol–water partition coefficient (Wildman–Crippen LogP) is 2.16. The lowest BCUT2D eigenvalue weighted by Gasteiger charge is -2.22. The summed E-state index contributed by atoms with van der Waals surface area (Å²) < 4.78 is 21.4. The van der Waals surface area contributed by atoms with Crippen molar-refractivity contribution in [3.63, 3.8) is 0 Å². The fraction of sp³-hybridized carbons (Fsp3) is 0.333. The topological polar surface area (TPSA) is 77.5 Å². The van der Waals surface area contributed by atoms with Crippen LogP contribution in [0.1, 0.15) is 12.0 Å². The quantitative estimate of drug-likeness (QED) is 0.788. The maximum absolute atomic E-state index is 12.9. The molecule has 0 bridgehead atoms. The highest BCUT2D eigenvalue weighted by molar-refractivity contribution is 6.00. The first-order valence-corrected chi connectivity index (χ1v) is 9.42. The molecular formula is C21H20N2O6. The molecule has 1 unspecified atom stereocenters. The highest BCUT2D eigenvalue weighted by atomic mass is 16.7. The fourth-order valence-electron chi connectivity index (χ4n) is 3.88. The van der Waals surface area contributed by atoms with Gasteiger partial charge in [-0.3, -0.25) is 9.59 Å². The van der Waals surface area contributed by atoms with Crippen molar-refractivity contribution in [2.45, 2.75) is 13.0 Å². The van der Waals surface area contributed by atoms with Crippen molar-refractivity contribution in [3.05, 3.63) is 42.0 Å². The third kappa shape index (κ3) is 3.20. The summed E-state index contributed by atoms with van der Waals surface area (Å²) in [6, 6.07) is 11.0. The molecule has 5 rings (SSSR count). The van der Waals surface area contributed by atoms with Crippen molar-refractivity contribution in [2.24, 2.45) is 5.92 Å². The first kappa shape index (κ1) is 17.7. The SMILES string of the molecule is CN(Cc1ccc2c(c1)OCO2)C(=O)C1CC(=O)N(c2ccc3c(c2)OCO3)C1. The van der Waals surface area contributed by atoms with E-state index >= 15 is 0 Å². The second kappa shape index (κ2) is 6.88. The molecule has 3 aliphatic rings. The van der Waals surface area contributed by atoms with Gasteiger partial charge in [-0.1, -0.05) is 6.07 Å². The Balaban J connectivity index is 1.26. The molecule has 8 heteroatoms. The minimum atomic E-state index is -0.382. The Labute approximate surface area is 167 Å². The zero-order valence-corrected chi connectivity index (χ0v) is 15.9. The number of anilines is 1. The minimum Gasteiger partial charge on any atom is -0.454 e. The average molecular weight is 396 g/mol. The van der Waals surface area contributed by atoms with Crippen LogP contribution in [-0.2, 0) is 16.1 Å². The molecule has 2 aromatic carbocycles. The van der Waals surface area contributed by atoms with Gasteiger partial charge < -0.3 is 28.7 Å². The zero-order valence-electron chi connectivity index (χ0n) is 15.9. The number of nitrogens with zero attached hydrogens (tertiary/aromatic N) is 2. The molecule has 29 heavy (non-hydrogen) atoms. The van der Waals surface area contributed by atoms with E-state index in [4.69, 9.17) is 18.9 Å². The van der Waals surface area contributed by atoms with Crippen LogP contribution >= 0.6 is 0 Å². The smallest absolute Gasteiger partial charge is 0.231 e.